The number of rotatable bonds is 1. The Balaban J connectivity index is 2.20. The van der Waals surface area contributed by atoms with Crippen LogP contribution in [0.25, 0.3) is 0 Å². The quantitative estimate of drug-likeness (QED) is 0.470. The number of nitrogens with zero attached hydrogens (tertiary/aromatic N) is 1. The minimum absolute atomic E-state index is 0.375. The standard InChI is InChI=1S/C5H12N2/c1-4(2)7-3-5(7)6/h4-5H,3,6H2,1-2H3. The molecule has 1 rings (SSSR count). The van der Waals surface area contributed by atoms with E-state index in [0.29, 0.717) is 12.2 Å². The predicted octanol–water partition coefficient (Wildman–Crippen LogP) is -0.00480. The SMILES string of the molecule is CC(C)N1CC1N. The van der Waals surface area contributed by atoms with E-state index in [1.807, 2.05) is 0 Å². The Labute approximate surface area is 44.3 Å². The zero-order valence-corrected chi connectivity index (χ0v) is 4.89. The molecule has 1 saturated heterocycles. The van der Waals surface area contributed by atoms with Crippen molar-refractivity contribution in [2.24, 2.45) is 5.73 Å². The summed E-state index contributed by atoms with van der Waals surface area (Å²) in [6, 6.07) is 0.648. The predicted molar refractivity (Wildman–Crippen MR) is 29.8 cm³/mol. The third kappa shape index (κ3) is 0.924. The molecule has 7 heavy (non-hydrogen) atoms. The first-order chi connectivity index (χ1) is 3.22. The van der Waals surface area contributed by atoms with Gasteiger partial charge >= 0.3 is 0 Å². The first-order valence-corrected chi connectivity index (χ1v) is 2.73. The van der Waals surface area contributed by atoms with E-state index in [1.54, 1.807) is 0 Å². The molecule has 0 bridgehead atoms. The smallest absolute Gasteiger partial charge is 0.0706 e. The van der Waals surface area contributed by atoms with E-state index in [0.717, 1.165) is 6.54 Å². The summed E-state index contributed by atoms with van der Waals surface area (Å²) in [5.41, 5.74) is 5.49. The van der Waals surface area contributed by atoms with E-state index in [4.69, 9.17) is 5.73 Å². The largest absolute Gasteiger partial charge is 0.315 e. The minimum atomic E-state index is 0.375. The zero-order valence-electron chi connectivity index (χ0n) is 4.89. The van der Waals surface area contributed by atoms with Crippen LogP contribution in [0.15, 0.2) is 0 Å². The van der Waals surface area contributed by atoms with Crippen LogP contribution in [0, 0.1) is 0 Å². The fraction of sp³-hybridized carbons (Fsp3) is 1.00. The molecule has 2 heteroatoms. The zero-order chi connectivity index (χ0) is 5.44. The van der Waals surface area contributed by atoms with E-state index in [-0.39, 0.29) is 0 Å². The average molecular weight is 100 g/mol. The molecule has 2 N–H and O–H groups in total. The normalized spacial score (nSPS) is 39.4. The van der Waals surface area contributed by atoms with Gasteiger partial charge in [-0.3, -0.25) is 4.90 Å². The average Bonchev–Trinajstić information content (AvgIpc) is 2.17. The van der Waals surface area contributed by atoms with Gasteiger partial charge in [0.2, 0.25) is 0 Å². The number of hydrogen-bond acceptors (Lipinski definition) is 2. The summed E-state index contributed by atoms with van der Waals surface area (Å²) in [6.45, 7) is 5.41. The van der Waals surface area contributed by atoms with Gasteiger partial charge in [-0.1, -0.05) is 0 Å². The van der Waals surface area contributed by atoms with Crippen molar-refractivity contribution in [3.05, 3.63) is 0 Å². The van der Waals surface area contributed by atoms with Crippen molar-refractivity contribution in [3.63, 3.8) is 0 Å². The highest BCUT2D eigenvalue weighted by atomic mass is 15.4. The van der Waals surface area contributed by atoms with Crippen LogP contribution in [-0.4, -0.2) is 23.7 Å². The van der Waals surface area contributed by atoms with Gasteiger partial charge in [0.15, 0.2) is 0 Å². The monoisotopic (exact) mass is 100 g/mol. The molecule has 0 aliphatic carbocycles. The van der Waals surface area contributed by atoms with Crippen LogP contribution < -0.4 is 5.73 Å². The Morgan fingerprint density at radius 1 is 1.71 bits per heavy atom. The van der Waals surface area contributed by atoms with E-state index in [1.165, 1.54) is 0 Å². The maximum absolute atomic E-state index is 5.49. The summed E-state index contributed by atoms with van der Waals surface area (Å²) < 4.78 is 0. The summed E-state index contributed by atoms with van der Waals surface area (Å²) >= 11 is 0. The third-order valence-corrected chi connectivity index (χ3v) is 1.35. The molecule has 2 nitrogen and oxygen atoms in total. The van der Waals surface area contributed by atoms with Crippen molar-refractivity contribution < 1.29 is 0 Å². The minimum Gasteiger partial charge on any atom is -0.315 e. The summed E-state index contributed by atoms with van der Waals surface area (Å²) in [7, 11) is 0. The lowest BCUT2D eigenvalue weighted by atomic mass is 10.4. The lowest BCUT2D eigenvalue weighted by Crippen LogP contribution is -2.16. The van der Waals surface area contributed by atoms with Crippen LogP contribution in [-0.2, 0) is 0 Å². The molecular weight excluding hydrogens is 88.1 g/mol. The number of hydrogen-bond donors (Lipinski definition) is 1. The van der Waals surface area contributed by atoms with Crippen molar-refractivity contribution in [3.8, 4) is 0 Å². The van der Waals surface area contributed by atoms with E-state index < -0.39 is 0 Å². The maximum atomic E-state index is 5.49. The third-order valence-electron chi connectivity index (χ3n) is 1.35. The molecule has 0 radical (unpaired) electrons. The van der Waals surface area contributed by atoms with Crippen molar-refractivity contribution >= 4 is 0 Å². The molecule has 1 heterocycles. The van der Waals surface area contributed by atoms with Crippen LogP contribution in [0.1, 0.15) is 13.8 Å². The first kappa shape index (κ1) is 5.06. The van der Waals surface area contributed by atoms with Crippen molar-refractivity contribution in [1.82, 2.24) is 4.90 Å². The van der Waals surface area contributed by atoms with Gasteiger partial charge in [0.1, 0.15) is 0 Å². The van der Waals surface area contributed by atoms with Gasteiger partial charge in [-0.05, 0) is 13.8 Å². The molecule has 0 spiro atoms. The van der Waals surface area contributed by atoms with Crippen molar-refractivity contribution in [2.75, 3.05) is 6.54 Å². The Hall–Kier alpha value is -0.0800. The van der Waals surface area contributed by atoms with Gasteiger partial charge in [0.05, 0.1) is 6.17 Å². The molecule has 0 aromatic heterocycles. The fourth-order valence-corrected chi connectivity index (χ4v) is 0.763. The highest BCUT2D eigenvalue weighted by Gasteiger charge is 2.31. The summed E-state index contributed by atoms with van der Waals surface area (Å²) in [6.07, 6.45) is 0.375. The summed E-state index contributed by atoms with van der Waals surface area (Å²) in [5, 5.41) is 0. The molecule has 1 aliphatic rings. The Bertz CT molecular complexity index is 70.5. The van der Waals surface area contributed by atoms with Gasteiger partial charge in [-0.25, -0.2) is 0 Å². The van der Waals surface area contributed by atoms with Crippen LogP contribution in [0.4, 0.5) is 0 Å². The molecule has 0 aromatic rings. The van der Waals surface area contributed by atoms with E-state index in [9.17, 15) is 0 Å². The topological polar surface area (TPSA) is 29.0 Å². The van der Waals surface area contributed by atoms with E-state index in [2.05, 4.69) is 18.7 Å². The lowest BCUT2D eigenvalue weighted by molar-refractivity contribution is 0.424. The highest BCUT2D eigenvalue weighted by molar-refractivity contribution is 4.85. The summed E-state index contributed by atoms with van der Waals surface area (Å²) in [4.78, 5) is 2.24. The van der Waals surface area contributed by atoms with Crippen LogP contribution in [0.5, 0.6) is 0 Å². The molecule has 42 valence electrons. The molecule has 1 aliphatic heterocycles. The summed E-state index contributed by atoms with van der Waals surface area (Å²) in [5.74, 6) is 0. The van der Waals surface area contributed by atoms with Gasteiger partial charge < -0.3 is 5.73 Å². The Morgan fingerprint density at radius 2 is 2.14 bits per heavy atom. The molecule has 1 fully saturated rings. The molecule has 2 unspecified atom stereocenters. The highest BCUT2D eigenvalue weighted by Crippen LogP contribution is 2.14. The lowest BCUT2D eigenvalue weighted by Gasteiger charge is -2.02. The molecule has 0 saturated carbocycles. The Kier molecular flexibility index (Phi) is 1.05. The van der Waals surface area contributed by atoms with Crippen LogP contribution in [0.3, 0.4) is 0 Å². The van der Waals surface area contributed by atoms with Gasteiger partial charge in [-0.2, -0.15) is 0 Å². The molecule has 0 aromatic carbocycles. The first-order valence-electron chi connectivity index (χ1n) is 2.73. The molecular formula is C5H12N2. The van der Waals surface area contributed by atoms with Gasteiger partial charge in [0.25, 0.3) is 0 Å². The molecule has 2 atom stereocenters. The van der Waals surface area contributed by atoms with Crippen molar-refractivity contribution in [2.45, 2.75) is 26.1 Å². The Morgan fingerprint density at radius 3 is 2.14 bits per heavy atom. The van der Waals surface area contributed by atoms with E-state index >= 15 is 0 Å². The van der Waals surface area contributed by atoms with Gasteiger partial charge in [0, 0.05) is 12.6 Å². The van der Waals surface area contributed by atoms with Crippen LogP contribution >= 0.6 is 0 Å². The number of nitrogens with two attached hydrogens (primary N) is 1. The fourth-order valence-electron chi connectivity index (χ4n) is 0.763. The second-order valence-corrected chi connectivity index (χ2v) is 2.36. The van der Waals surface area contributed by atoms with Crippen LogP contribution in [0.2, 0.25) is 0 Å². The second-order valence-electron chi connectivity index (χ2n) is 2.36. The van der Waals surface area contributed by atoms with Gasteiger partial charge in [-0.15, -0.1) is 0 Å². The molecule has 0 amide bonds. The van der Waals surface area contributed by atoms with Crippen molar-refractivity contribution in [1.29, 1.82) is 0 Å². The second kappa shape index (κ2) is 1.46. The maximum Gasteiger partial charge on any atom is 0.0706 e.